The number of hydrogen-bond acceptors (Lipinski definition) is 6. The standard InChI is InChI=1S/C7H13N3O3S2.Na/c1-5(2)3-4-6-8-9-7(14-6)10-15(11,12)13;/h5H,3-4H2,1-2H3,(H,9,10)(H,11,12,13);/q;+1/p-1. The first-order valence-electron chi connectivity index (χ1n) is 4.43. The van der Waals surface area contributed by atoms with E-state index in [1.165, 1.54) is 0 Å². The van der Waals surface area contributed by atoms with Crippen molar-refractivity contribution in [3.8, 4) is 0 Å². The van der Waals surface area contributed by atoms with Crippen LogP contribution in [0.3, 0.4) is 0 Å². The molecular formula is C7H12N3NaO3S2. The number of aromatic nitrogens is 2. The number of nitrogens with zero attached hydrogens (tertiary/aromatic N) is 2. The zero-order valence-corrected chi connectivity index (χ0v) is 13.1. The Morgan fingerprint density at radius 2 is 2.06 bits per heavy atom. The average Bonchev–Trinajstić information content (AvgIpc) is 2.45. The predicted molar refractivity (Wildman–Crippen MR) is 56.4 cm³/mol. The van der Waals surface area contributed by atoms with Crippen LogP contribution in [0.25, 0.3) is 0 Å². The van der Waals surface area contributed by atoms with Gasteiger partial charge in [-0.25, -0.2) is 8.42 Å². The molecule has 0 amide bonds. The zero-order chi connectivity index (χ0) is 11.5. The van der Waals surface area contributed by atoms with E-state index in [-0.39, 0.29) is 34.7 Å². The molecule has 0 unspecified atom stereocenters. The summed E-state index contributed by atoms with van der Waals surface area (Å²) in [6.07, 6.45) is 1.70. The molecule has 0 spiro atoms. The van der Waals surface area contributed by atoms with Crippen molar-refractivity contribution in [3.05, 3.63) is 5.01 Å². The largest absolute Gasteiger partial charge is 1.00 e. The van der Waals surface area contributed by atoms with Crippen molar-refractivity contribution in [2.75, 3.05) is 4.72 Å². The Kier molecular flexibility index (Phi) is 6.99. The summed E-state index contributed by atoms with van der Waals surface area (Å²) in [5, 5.41) is 8.10. The third kappa shape index (κ3) is 6.77. The fourth-order valence-electron chi connectivity index (χ4n) is 0.915. The molecule has 0 aliphatic rings. The zero-order valence-electron chi connectivity index (χ0n) is 9.43. The van der Waals surface area contributed by atoms with Crippen molar-refractivity contribution >= 4 is 26.8 Å². The van der Waals surface area contributed by atoms with Gasteiger partial charge in [-0.05, 0) is 12.3 Å². The van der Waals surface area contributed by atoms with Crippen molar-refractivity contribution in [1.82, 2.24) is 10.2 Å². The van der Waals surface area contributed by atoms with Gasteiger partial charge < -0.3 is 4.55 Å². The molecule has 0 bridgehead atoms. The minimum atomic E-state index is -4.49. The molecule has 9 heteroatoms. The molecule has 0 aromatic carbocycles. The second-order valence-corrected chi connectivity index (χ2v) is 5.66. The summed E-state index contributed by atoms with van der Waals surface area (Å²) in [4.78, 5) is 0. The number of nitrogens with one attached hydrogen (secondary N) is 1. The Hall–Kier alpha value is 0.270. The molecule has 1 N–H and O–H groups in total. The summed E-state index contributed by atoms with van der Waals surface area (Å²) in [5.74, 6) is 0.550. The smallest absolute Gasteiger partial charge is 0.731 e. The van der Waals surface area contributed by atoms with E-state index in [2.05, 4.69) is 24.0 Å². The summed E-state index contributed by atoms with van der Waals surface area (Å²) < 4.78 is 32.8. The first kappa shape index (κ1) is 16.3. The van der Waals surface area contributed by atoms with E-state index in [4.69, 9.17) is 0 Å². The van der Waals surface area contributed by atoms with Gasteiger partial charge in [0, 0.05) is 6.42 Å². The van der Waals surface area contributed by atoms with Crippen LogP contribution in [-0.4, -0.2) is 23.2 Å². The first-order chi connectivity index (χ1) is 6.87. The van der Waals surface area contributed by atoms with Crippen molar-refractivity contribution in [3.63, 3.8) is 0 Å². The van der Waals surface area contributed by atoms with Crippen molar-refractivity contribution < 1.29 is 42.5 Å². The Balaban J connectivity index is 0.00000225. The Morgan fingerprint density at radius 1 is 1.44 bits per heavy atom. The van der Waals surface area contributed by atoms with Crippen LogP contribution in [0.1, 0.15) is 25.3 Å². The molecule has 1 rings (SSSR count). The van der Waals surface area contributed by atoms with Gasteiger partial charge in [0.25, 0.3) is 0 Å². The van der Waals surface area contributed by atoms with E-state index in [9.17, 15) is 13.0 Å². The minimum Gasteiger partial charge on any atom is -0.731 e. The summed E-state index contributed by atoms with van der Waals surface area (Å²) in [7, 11) is -4.49. The third-order valence-corrected chi connectivity index (χ3v) is 3.09. The molecule has 0 aliphatic heterocycles. The minimum absolute atomic E-state index is 0. The fourth-order valence-corrected chi connectivity index (χ4v) is 2.25. The molecule has 0 aliphatic carbocycles. The first-order valence-corrected chi connectivity index (χ1v) is 6.65. The quantitative estimate of drug-likeness (QED) is 0.495. The molecule has 1 aromatic heterocycles. The van der Waals surface area contributed by atoms with E-state index in [0.29, 0.717) is 5.92 Å². The molecule has 0 saturated carbocycles. The molecule has 86 valence electrons. The summed E-state index contributed by atoms with van der Waals surface area (Å²) >= 11 is 1.09. The van der Waals surface area contributed by atoms with Gasteiger partial charge in [-0.2, -0.15) is 0 Å². The third-order valence-electron chi connectivity index (χ3n) is 1.61. The maximum atomic E-state index is 10.3. The van der Waals surface area contributed by atoms with Gasteiger partial charge in [-0.1, -0.05) is 25.2 Å². The van der Waals surface area contributed by atoms with Crippen LogP contribution >= 0.6 is 11.3 Å². The summed E-state index contributed by atoms with van der Waals surface area (Å²) in [6, 6.07) is 0. The number of aryl methyl sites for hydroxylation is 1. The average molecular weight is 273 g/mol. The fraction of sp³-hybridized carbons (Fsp3) is 0.714. The monoisotopic (exact) mass is 273 g/mol. The maximum Gasteiger partial charge on any atom is 1.00 e. The van der Waals surface area contributed by atoms with Crippen LogP contribution in [0.4, 0.5) is 5.13 Å². The molecule has 1 aromatic rings. The van der Waals surface area contributed by atoms with Crippen LogP contribution < -0.4 is 34.3 Å². The molecular weight excluding hydrogens is 261 g/mol. The Bertz CT molecular complexity index is 418. The van der Waals surface area contributed by atoms with Crippen LogP contribution in [0.2, 0.25) is 0 Å². The molecule has 0 atom stereocenters. The number of rotatable bonds is 5. The van der Waals surface area contributed by atoms with E-state index in [1.807, 2.05) is 0 Å². The van der Waals surface area contributed by atoms with Gasteiger partial charge in [-0.15, -0.1) is 10.2 Å². The second kappa shape index (κ2) is 6.87. The molecule has 0 radical (unpaired) electrons. The number of anilines is 1. The van der Waals surface area contributed by atoms with Crippen LogP contribution in [0, 0.1) is 5.92 Å². The van der Waals surface area contributed by atoms with Crippen molar-refractivity contribution in [2.24, 2.45) is 5.92 Å². The predicted octanol–water partition coefficient (Wildman–Crippen LogP) is -2.00. The van der Waals surface area contributed by atoms with Crippen molar-refractivity contribution in [2.45, 2.75) is 26.7 Å². The SMILES string of the molecule is CC(C)CCc1nnc(NS(=O)(=O)[O-])s1.[Na+]. The van der Waals surface area contributed by atoms with Crippen LogP contribution in [0.5, 0.6) is 0 Å². The molecule has 6 nitrogen and oxygen atoms in total. The Labute approximate surface area is 121 Å². The second-order valence-electron chi connectivity index (χ2n) is 3.49. The van der Waals surface area contributed by atoms with E-state index < -0.39 is 10.3 Å². The summed E-state index contributed by atoms with van der Waals surface area (Å²) in [6.45, 7) is 4.17. The van der Waals surface area contributed by atoms with Gasteiger partial charge >= 0.3 is 29.6 Å². The van der Waals surface area contributed by atoms with Crippen LogP contribution in [0.15, 0.2) is 0 Å². The van der Waals surface area contributed by atoms with E-state index in [1.54, 1.807) is 4.72 Å². The van der Waals surface area contributed by atoms with Gasteiger partial charge in [0.15, 0.2) is 10.3 Å². The molecule has 0 fully saturated rings. The number of hydrogen-bond donors (Lipinski definition) is 1. The van der Waals surface area contributed by atoms with E-state index in [0.717, 1.165) is 29.2 Å². The molecule has 16 heavy (non-hydrogen) atoms. The topological polar surface area (TPSA) is 95.0 Å². The van der Waals surface area contributed by atoms with Gasteiger partial charge in [0.1, 0.15) is 5.01 Å². The normalized spacial score (nSPS) is 11.2. The van der Waals surface area contributed by atoms with Crippen molar-refractivity contribution in [1.29, 1.82) is 0 Å². The van der Waals surface area contributed by atoms with Gasteiger partial charge in [-0.3, -0.25) is 4.72 Å². The Morgan fingerprint density at radius 3 is 2.56 bits per heavy atom. The summed E-state index contributed by atoms with van der Waals surface area (Å²) in [5.41, 5.74) is 0. The molecule has 0 saturated heterocycles. The van der Waals surface area contributed by atoms with Gasteiger partial charge in [0.2, 0.25) is 5.13 Å². The van der Waals surface area contributed by atoms with Crippen LogP contribution in [-0.2, 0) is 16.7 Å². The van der Waals surface area contributed by atoms with E-state index >= 15 is 0 Å². The van der Waals surface area contributed by atoms with Gasteiger partial charge in [0.05, 0.1) is 0 Å². The maximum absolute atomic E-state index is 10.3. The molecule has 1 heterocycles.